The molecular weight excluding hydrogens is 669 g/mol. The number of aliphatic hydroxyl groups is 2. The summed E-state index contributed by atoms with van der Waals surface area (Å²) in [5.74, 6) is -2.36. The van der Waals surface area contributed by atoms with E-state index in [1.807, 2.05) is 24.8 Å². The van der Waals surface area contributed by atoms with Crippen LogP contribution in [0.25, 0.3) is 10.9 Å². The molecule has 2 aromatic rings. The minimum atomic E-state index is -1.86. The lowest BCUT2D eigenvalue weighted by Gasteiger charge is -2.59. The van der Waals surface area contributed by atoms with E-state index in [4.69, 9.17) is 9.47 Å². The standard InChI is InChI=1S/C40H48FN3O8/c1-21-18-43(14-13-42-21)34-29(41)16-26-33(36(34)51-4)44(23-6-7-23)19-27(35(26)48)37(49)52-20-31(47)40(50)12-10-28-25-8-5-22-15-24(45)9-11-38(22,2)32(25)30(46)17-39(28,40)3/h9,11,15-16,19,21,23,25,28,30,32,42,46,50H,5-8,10,12-14,17-18,20H2,1-4H3/t21?,25-,28-,30-,32+,38-,39-,40-/m1/s1. The van der Waals surface area contributed by atoms with Crippen molar-refractivity contribution in [1.29, 1.82) is 0 Å². The Bertz CT molecular complexity index is 2000. The van der Waals surface area contributed by atoms with Gasteiger partial charge in [0.05, 0.1) is 24.1 Å². The predicted molar refractivity (Wildman–Crippen MR) is 191 cm³/mol. The Kier molecular flexibility index (Phi) is 8.35. The predicted octanol–water partition coefficient (Wildman–Crippen LogP) is 4.02. The molecular formula is C40H48FN3O8. The van der Waals surface area contributed by atoms with Crippen LogP contribution in [0.3, 0.4) is 0 Å². The third kappa shape index (κ3) is 5.15. The van der Waals surface area contributed by atoms with Crippen molar-refractivity contribution in [3.63, 3.8) is 0 Å². The van der Waals surface area contributed by atoms with E-state index in [1.54, 1.807) is 16.7 Å². The maximum atomic E-state index is 15.9. The number of nitrogens with zero attached hydrogens (tertiary/aromatic N) is 2. The second-order valence-corrected chi connectivity index (χ2v) is 16.6. The summed E-state index contributed by atoms with van der Waals surface area (Å²) in [5.41, 5.74) is -2.66. The molecule has 3 N–H and O–H groups in total. The summed E-state index contributed by atoms with van der Waals surface area (Å²) in [6, 6.07) is 1.26. The van der Waals surface area contributed by atoms with E-state index in [1.165, 1.54) is 13.3 Å². The number of aromatic nitrogens is 1. The van der Waals surface area contributed by atoms with Gasteiger partial charge in [0.2, 0.25) is 11.2 Å². The number of piperazine rings is 1. The molecule has 1 aromatic heterocycles. The van der Waals surface area contributed by atoms with Gasteiger partial charge in [0.1, 0.15) is 16.9 Å². The topological polar surface area (TPSA) is 147 Å². The van der Waals surface area contributed by atoms with Gasteiger partial charge >= 0.3 is 5.97 Å². The molecule has 1 aliphatic heterocycles. The van der Waals surface area contributed by atoms with E-state index in [0.29, 0.717) is 38.0 Å². The van der Waals surface area contributed by atoms with Gasteiger partial charge in [0.15, 0.2) is 24.0 Å². The van der Waals surface area contributed by atoms with Crippen molar-refractivity contribution in [2.45, 2.75) is 89.5 Å². The average molecular weight is 718 g/mol. The van der Waals surface area contributed by atoms with Crippen molar-refractivity contribution >= 4 is 34.1 Å². The van der Waals surface area contributed by atoms with E-state index < -0.39 is 52.1 Å². The van der Waals surface area contributed by atoms with Crippen LogP contribution in [0.4, 0.5) is 10.1 Å². The van der Waals surface area contributed by atoms with Crippen LogP contribution in [0.5, 0.6) is 5.75 Å². The third-order valence-corrected chi connectivity index (χ3v) is 13.7. The number of methoxy groups -OCH3 is 1. The molecule has 4 saturated carbocycles. The Morgan fingerprint density at radius 3 is 2.63 bits per heavy atom. The molecule has 0 radical (unpaired) electrons. The number of esters is 1. The number of ether oxygens (including phenoxy) is 2. The summed E-state index contributed by atoms with van der Waals surface area (Å²) in [5, 5.41) is 27.2. The first kappa shape index (κ1) is 35.2. The van der Waals surface area contributed by atoms with Crippen LogP contribution < -0.4 is 20.4 Å². The second kappa shape index (κ2) is 12.3. The van der Waals surface area contributed by atoms with Crippen LogP contribution in [0.1, 0.15) is 82.1 Å². The van der Waals surface area contributed by atoms with Crippen LogP contribution in [-0.2, 0) is 14.3 Å². The third-order valence-electron chi connectivity index (χ3n) is 13.7. The van der Waals surface area contributed by atoms with Gasteiger partial charge in [-0.3, -0.25) is 14.4 Å². The molecule has 1 aromatic carbocycles. The smallest absolute Gasteiger partial charge is 0.344 e. The van der Waals surface area contributed by atoms with E-state index in [2.05, 4.69) is 12.2 Å². The van der Waals surface area contributed by atoms with Crippen molar-refractivity contribution in [2.75, 3.05) is 38.3 Å². The highest BCUT2D eigenvalue weighted by molar-refractivity contribution is 6.01. The van der Waals surface area contributed by atoms with E-state index in [0.717, 1.165) is 30.9 Å². The molecule has 2 heterocycles. The fraction of sp³-hybridized carbons (Fsp3) is 0.600. The minimum absolute atomic E-state index is 0.0131. The lowest BCUT2D eigenvalue weighted by Crippen LogP contribution is -2.61. The number of Topliss-reactive ketones (excluding diaryl/α,β-unsaturated/α-hetero) is 1. The Morgan fingerprint density at radius 2 is 1.92 bits per heavy atom. The van der Waals surface area contributed by atoms with E-state index in [9.17, 15) is 29.4 Å². The molecule has 6 aliphatic rings. The first-order chi connectivity index (χ1) is 24.7. The van der Waals surface area contributed by atoms with Gasteiger partial charge in [-0.05, 0) is 81.9 Å². The van der Waals surface area contributed by atoms with Crippen molar-refractivity contribution in [2.24, 2.45) is 28.6 Å². The highest BCUT2D eigenvalue weighted by Crippen LogP contribution is 2.67. The zero-order valence-corrected chi connectivity index (χ0v) is 30.2. The number of hydrogen-bond acceptors (Lipinski definition) is 10. The normalized spacial score (nSPS) is 35.4. The summed E-state index contributed by atoms with van der Waals surface area (Å²) in [7, 11) is 1.45. The number of aliphatic hydroxyl groups excluding tert-OH is 1. The van der Waals surface area contributed by atoms with Gasteiger partial charge in [-0.25, -0.2) is 9.18 Å². The van der Waals surface area contributed by atoms with E-state index >= 15 is 4.39 Å². The first-order valence-electron chi connectivity index (χ1n) is 18.7. The quantitative estimate of drug-likeness (QED) is 0.359. The van der Waals surface area contributed by atoms with Crippen LogP contribution in [0.15, 0.2) is 40.9 Å². The maximum Gasteiger partial charge on any atom is 0.344 e. The SMILES string of the molecule is COc1c(N2CCNC(C)C2)c(F)cc2c(=O)c(C(=O)OCC(=O)[C@]3(O)CC[C@@H]4[C@H]5CCC6=CC(=O)C=C[C@@]6(C)[C@@H]5[C@H](O)C[C@]43C)cn(C3CC3)c12. The summed E-state index contributed by atoms with van der Waals surface area (Å²) in [4.78, 5) is 55.5. The largest absolute Gasteiger partial charge is 0.492 e. The molecule has 1 unspecified atom stereocenters. The molecule has 0 spiro atoms. The number of benzene rings is 1. The van der Waals surface area contributed by atoms with Gasteiger partial charge in [-0.2, -0.15) is 0 Å². The fourth-order valence-corrected chi connectivity index (χ4v) is 11.0. The zero-order chi connectivity index (χ0) is 36.9. The molecule has 11 nitrogen and oxygen atoms in total. The number of pyridine rings is 1. The Labute approximate surface area is 301 Å². The van der Waals surface area contributed by atoms with Crippen LogP contribution in [-0.4, -0.2) is 83.4 Å². The van der Waals surface area contributed by atoms with Gasteiger partial charge < -0.3 is 34.5 Å². The second-order valence-electron chi connectivity index (χ2n) is 16.6. The number of hydrogen-bond donors (Lipinski definition) is 3. The molecule has 278 valence electrons. The number of nitrogens with one attached hydrogen (secondary N) is 1. The number of ketones is 2. The number of allylic oxidation sites excluding steroid dienone is 4. The molecule has 0 bridgehead atoms. The van der Waals surface area contributed by atoms with Gasteiger partial charge in [-0.15, -0.1) is 0 Å². The number of halogens is 1. The maximum absolute atomic E-state index is 15.9. The average Bonchev–Trinajstić information content (AvgIpc) is 3.91. The van der Waals surface area contributed by atoms with Gasteiger partial charge in [-0.1, -0.05) is 25.5 Å². The molecule has 8 rings (SSSR count). The minimum Gasteiger partial charge on any atom is -0.492 e. The number of fused-ring (bicyclic) bond motifs is 6. The summed E-state index contributed by atoms with van der Waals surface area (Å²) in [6.45, 7) is 6.95. The lowest BCUT2D eigenvalue weighted by atomic mass is 9.46. The monoisotopic (exact) mass is 717 g/mol. The number of carbonyl (C=O) groups is 3. The summed E-state index contributed by atoms with van der Waals surface area (Å²) in [6.07, 6.45) is 9.72. The summed E-state index contributed by atoms with van der Waals surface area (Å²) < 4.78 is 29.0. The number of rotatable bonds is 7. The lowest BCUT2D eigenvalue weighted by molar-refractivity contribution is -0.178. The Balaban J connectivity index is 1.06. The fourth-order valence-electron chi connectivity index (χ4n) is 11.0. The van der Waals surface area contributed by atoms with Crippen molar-refractivity contribution in [3.05, 3.63) is 57.7 Å². The Hall–Kier alpha value is -3.87. The zero-order valence-electron chi connectivity index (χ0n) is 30.2. The molecule has 52 heavy (non-hydrogen) atoms. The molecule has 8 atom stereocenters. The molecule has 5 fully saturated rings. The number of carbonyl (C=O) groups excluding carboxylic acids is 3. The van der Waals surface area contributed by atoms with Crippen molar-refractivity contribution < 1.29 is 38.5 Å². The number of anilines is 1. The van der Waals surface area contributed by atoms with E-state index in [-0.39, 0.29) is 70.8 Å². The van der Waals surface area contributed by atoms with Gasteiger partial charge in [0, 0.05) is 54.7 Å². The highest BCUT2D eigenvalue weighted by atomic mass is 19.1. The molecule has 0 amide bonds. The highest BCUT2D eigenvalue weighted by Gasteiger charge is 2.68. The molecule has 12 heteroatoms. The molecule has 1 saturated heterocycles. The van der Waals surface area contributed by atoms with Crippen LogP contribution >= 0.6 is 0 Å². The first-order valence-corrected chi connectivity index (χ1v) is 18.7. The van der Waals surface area contributed by atoms with Crippen molar-refractivity contribution in [1.82, 2.24) is 9.88 Å². The van der Waals surface area contributed by atoms with Crippen LogP contribution in [0.2, 0.25) is 0 Å². The Morgan fingerprint density at radius 1 is 1.15 bits per heavy atom. The molecule has 5 aliphatic carbocycles. The van der Waals surface area contributed by atoms with Gasteiger partial charge in [0.25, 0.3) is 0 Å². The summed E-state index contributed by atoms with van der Waals surface area (Å²) >= 11 is 0. The van der Waals surface area contributed by atoms with Crippen molar-refractivity contribution in [3.8, 4) is 5.75 Å². The van der Waals surface area contributed by atoms with Crippen LogP contribution in [0, 0.1) is 34.4 Å².